The molecule has 2 amide bonds. The van der Waals surface area contributed by atoms with E-state index in [4.69, 9.17) is 16.3 Å². The van der Waals surface area contributed by atoms with Gasteiger partial charge in [-0.15, -0.1) is 0 Å². The van der Waals surface area contributed by atoms with E-state index in [0.29, 0.717) is 29.8 Å². The standard InChI is InChI=1S/C23H29ClN2O3/c1-5-26(14-22(27)25-13-18-6-8-19(24)9-7-18)23(28)15-29-20-10-11-21(16(2)3)17(4)12-20/h6-12,16H,5,13-15H2,1-4H3,(H,25,27). The minimum Gasteiger partial charge on any atom is -0.484 e. The number of amides is 2. The van der Waals surface area contributed by atoms with E-state index < -0.39 is 0 Å². The summed E-state index contributed by atoms with van der Waals surface area (Å²) in [6, 6.07) is 13.1. The van der Waals surface area contributed by atoms with Gasteiger partial charge in [-0.25, -0.2) is 0 Å². The monoisotopic (exact) mass is 416 g/mol. The molecule has 0 saturated heterocycles. The Kier molecular flexibility index (Phi) is 8.52. The van der Waals surface area contributed by atoms with E-state index in [9.17, 15) is 9.59 Å². The van der Waals surface area contributed by atoms with Crippen molar-refractivity contribution in [3.63, 3.8) is 0 Å². The van der Waals surface area contributed by atoms with Crippen LogP contribution in [0.15, 0.2) is 42.5 Å². The van der Waals surface area contributed by atoms with Crippen molar-refractivity contribution in [2.75, 3.05) is 19.7 Å². The number of carbonyl (C=O) groups is 2. The van der Waals surface area contributed by atoms with Crippen LogP contribution in [-0.4, -0.2) is 36.4 Å². The van der Waals surface area contributed by atoms with Crippen molar-refractivity contribution in [1.29, 1.82) is 0 Å². The summed E-state index contributed by atoms with van der Waals surface area (Å²) in [6.45, 7) is 8.88. The summed E-state index contributed by atoms with van der Waals surface area (Å²) in [4.78, 5) is 26.1. The van der Waals surface area contributed by atoms with Crippen molar-refractivity contribution in [2.24, 2.45) is 0 Å². The molecule has 5 nitrogen and oxygen atoms in total. The molecular weight excluding hydrogens is 388 g/mol. The molecule has 0 aliphatic heterocycles. The second-order valence-corrected chi connectivity index (χ2v) is 7.71. The zero-order valence-corrected chi connectivity index (χ0v) is 18.3. The minimum atomic E-state index is -0.222. The summed E-state index contributed by atoms with van der Waals surface area (Å²) in [5.74, 6) is 0.656. The second-order valence-electron chi connectivity index (χ2n) is 7.27. The number of aryl methyl sites for hydroxylation is 1. The molecule has 0 atom stereocenters. The van der Waals surface area contributed by atoms with Gasteiger partial charge in [0.1, 0.15) is 5.75 Å². The molecule has 0 aliphatic carbocycles. The van der Waals surface area contributed by atoms with Crippen LogP contribution in [0.5, 0.6) is 5.75 Å². The van der Waals surface area contributed by atoms with Gasteiger partial charge in [0.2, 0.25) is 5.91 Å². The van der Waals surface area contributed by atoms with Crippen LogP contribution in [0.2, 0.25) is 5.02 Å². The molecular formula is C23H29ClN2O3. The van der Waals surface area contributed by atoms with E-state index in [1.807, 2.05) is 44.2 Å². The topological polar surface area (TPSA) is 58.6 Å². The molecule has 0 bridgehead atoms. The summed E-state index contributed by atoms with van der Waals surface area (Å²) in [5, 5.41) is 3.47. The number of likely N-dealkylation sites (N-methyl/N-ethyl adjacent to an activating group) is 1. The highest BCUT2D eigenvalue weighted by Gasteiger charge is 2.16. The molecule has 0 aromatic heterocycles. The summed E-state index contributed by atoms with van der Waals surface area (Å²) >= 11 is 5.86. The summed E-state index contributed by atoms with van der Waals surface area (Å²) in [5.41, 5.74) is 3.34. The fraction of sp³-hybridized carbons (Fsp3) is 0.391. The van der Waals surface area contributed by atoms with Gasteiger partial charge in [-0.1, -0.05) is 43.6 Å². The van der Waals surface area contributed by atoms with Crippen LogP contribution in [-0.2, 0) is 16.1 Å². The first-order valence-electron chi connectivity index (χ1n) is 9.82. The van der Waals surface area contributed by atoms with Gasteiger partial charge in [0, 0.05) is 18.1 Å². The van der Waals surface area contributed by atoms with E-state index >= 15 is 0 Å². The molecule has 0 saturated carbocycles. The van der Waals surface area contributed by atoms with E-state index in [2.05, 4.69) is 19.2 Å². The average Bonchev–Trinajstić information content (AvgIpc) is 2.69. The lowest BCUT2D eigenvalue weighted by Gasteiger charge is -2.21. The lowest BCUT2D eigenvalue weighted by atomic mass is 9.98. The normalized spacial score (nSPS) is 10.7. The van der Waals surface area contributed by atoms with Crippen LogP contribution >= 0.6 is 11.6 Å². The van der Waals surface area contributed by atoms with Crippen LogP contribution in [0, 0.1) is 6.92 Å². The van der Waals surface area contributed by atoms with Gasteiger partial charge in [0.25, 0.3) is 5.91 Å². The first-order valence-corrected chi connectivity index (χ1v) is 10.2. The molecule has 0 fully saturated rings. The third kappa shape index (κ3) is 7.09. The van der Waals surface area contributed by atoms with Crippen molar-refractivity contribution in [1.82, 2.24) is 10.2 Å². The quantitative estimate of drug-likeness (QED) is 0.662. The van der Waals surface area contributed by atoms with Crippen LogP contribution < -0.4 is 10.1 Å². The third-order valence-corrected chi connectivity index (χ3v) is 4.95. The first-order chi connectivity index (χ1) is 13.8. The number of benzene rings is 2. The zero-order valence-electron chi connectivity index (χ0n) is 17.5. The number of nitrogens with zero attached hydrogens (tertiary/aromatic N) is 1. The minimum absolute atomic E-state index is 0.00238. The van der Waals surface area contributed by atoms with Gasteiger partial charge in [0.15, 0.2) is 6.61 Å². The number of hydrogen-bond donors (Lipinski definition) is 1. The summed E-state index contributed by atoms with van der Waals surface area (Å²) in [7, 11) is 0. The molecule has 2 rings (SSSR count). The fourth-order valence-electron chi connectivity index (χ4n) is 3.03. The molecule has 156 valence electrons. The number of hydrogen-bond acceptors (Lipinski definition) is 3. The van der Waals surface area contributed by atoms with E-state index in [-0.39, 0.29) is 25.0 Å². The Morgan fingerprint density at radius 1 is 1.14 bits per heavy atom. The molecule has 0 radical (unpaired) electrons. The molecule has 0 aliphatic rings. The highest BCUT2D eigenvalue weighted by molar-refractivity contribution is 6.30. The Bertz CT molecular complexity index is 835. The molecule has 6 heteroatoms. The lowest BCUT2D eigenvalue weighted by Crippen LogP contribution is -2.42. The predicted molar refractivity (Wildman–Crippen MR) is 116 cm³/mol. The van der Waals surface area contributed by atoms with Gasteiger partial charge in [0.05, 0.1) is 6.54 Å². The smallest absolute Gasteiger partial charge is 0.260 e. The molecule has 0 unspecified atom stereocenters. The largest absolute Gasteiger partial charge is 0.484 e. The summed E-state index contributed by atoms with van der Waals surface area (Å²) in [6.07, 6.45) is 0. The van der Waals surface area contributed by atoms with Crippen molar-refractivity contribution < 1.29 is 14.3 Å². The summed E-state index contributed by atoms with van der Waals surface area (Å²) < 4.78 is 5.65. The van der Waals surface area contributed by atoms with Crippen LogP contribution in [0.25, 0.3) is 0 Å². The van der Waals surface area contributed by atoms with E-state index in [0.717, 1.165) is 11.1 Å². The fourth-order valence-corrected chi connectivity index (χ4v) is 3.16. The second kappa shape index (κ2) is 10.9. The lowest BCUT2D eigenvalue weighted by molar-refractivity contribution is -0.137. The molecule has 2 aromatic rings. The van der Waals surface area contributed by atoms with Crippen LogP contribution in [0.1, 0.15) is 43.4 Å². The van der Waals surface area contributed by atoms with Gasteiger partial charge in [-0.3, -0.25) is 9.59 Å². The molecule has 29 heavy (non-hydrogen) atoms. The van der Waals surface area contributed by atoms with Crippen molar-refractivity contribution >= 4 is 23.4 Å². The maximum Gasteiger partial charge on any atom is 0.260 e. The number of carbonyl (C=O) groups excluding carboxylic acids is 2. The Balaban J connectivity index is 1.83. The number of rotatable bonds is 9. The van der Waals surface area contributed by atoms with Gasteiger partial charge >= 0.3 is 0 Å². The number of nitrogens with one attached hydrogen (secondary N) is 1. The van der Waals surface area contributed by atoms with Crippen molar-refractivity contribution in [2.45, 2.75) is 40.2 Å². The van der Waals surface area contributed by atoms with E-state index in [1.54, 1.807) is 12.1 Å². The third-order valence-electron chi connectivity index (χ3n) is 4.70. The highest BCUT2D eigenvalue weighted by Crippen LogP contribution is 2.23. The van der Waals surface area contributed by atoms with E-state index in [1.165, 1.54) is 10.5 Å². The average molecular weight is 417 g/mol. The molecule has 0 heterocycles. The van der Waals surface area contributed by atoms with Crippen LogP contribution in [0.3, 0.4) is 0 Å². The zero-order chi connectivity index (χ0) is 21.4. The Labute approximate surface area is 178 Å². The number of ether oxygens (including phenoxy) is 1. The Morgan fingerprint density at radius 2 is 1.83 bits per heavy atom. The Morgan fingerprint density at radius 3 is 2.41 bits per heavy atom. The van der Waals surface area contributed by atoms with Gasteiger partial charge in [-0.2, -0.15) is 0 Å². The maximum absolute atomic E-state index is 12.5. The first kappa shape index (κ1) is 22.8. The SMILES string of the molecule is CCN(CC(=O)NCc1ccc(Cl)cc1)C(=O)COc1ccc(C(C)C)c(C)c1. The highest BCUT2D eigenvalue weighted by atomic mass is 35.5. The molecule has 1 N–H and O–H groups in total. The van der Waals surface area contributed by atoms with Crippen LogP contribution in [0.4, 0.5) is 0 Å². The van der Waals surface area contributed by atoms with Gasteiger partial charge in [-0.05, 0) is 60.7 Å². The maximum atomic E-state index is 12.5. The van der Waals surface area contributed by atoms with Crippen molar-refractivity contribution in [3.8, 4) is 5.75 Å². The van der Waals surface area contributed by atoms with Crippen molar-refractivity contribution in [3.05, 3.63) is 64.2 Å². The number of halogens is 1. The molecule has 0 spiro atoms. The predicted octanol–water partition coefficient (Wildman–Crippen LogP) is 4.32. The van der Waals surface area contributed by atoms with Gasteiger partial charge < -0.3 is 15.0 Å². The molecule has 2 aromatic carbocycles. The Hall–Kier alpha value is -2.53.